The second-order valence-electron chi connectivity index (χ2n) is 10.6. The number of benzene rings is 1. The number of ether oxygens (including phenoxy) is 2. The second kappa shape index (κ2) is 19.3. The zero-order valence-corrected chi connectivity index (χ0v) is 25.6. The Morgan fingerprint density at radius 2 is 1.76 bits per heavy atom. The van der Waals surface area contributed by atoms with Crippen LogP contribution in [-0.4, -0.2) is 112 Å². The van der Waals surface area contributed by atoms with Gasteiger partial charge in [0.25, 0.3) is 5.79 Å². The normalized spacial score (nSPS) is 22.4. The molecule has 14 nitrogen and oxygen atoms in total. The van der Waals surface area contributed by atoms with E-state index in [9.17, 15) is 44.7 Å². The van der Waals surface area contributed by atoms with Crippen molar-refractivity contribution in [3.63, 3.8) is 0 Å². The molecule has 1 fully saturated rings. The van der Waals surface area contributed by atoms with Crippen molar-refractivity contribution < 1.29 is 54.2 Å². The third-order valence-corrected chi connectivity index (χ3v) is 7.36. The molecule has 0 saturated carbocycles. The van der Waals surface area contributed by atoms with Crippen molar-refractivity contribution in [1.82, 2.24) is 16.0 Å². The Morgan fingerprint density at radius 3 is 2.40 bits per heavy atom. The summed E-state index contributed by atoms with van der Waals surface area (Å²) in [4.78, 5) is 48.3. The van der Waals surface area contributed by atoms with E-state index in [-0.39, 0.29) is 25.4 Å². The number of hydrogen-bond donors (Lipinski definition) is 8. The highest BCUT2D eigenvalue weighted by Gasteiger charge is 2.55. The van der Waals surface area contributed by atoms with Crippen LogP contribution in [0.2, 0.25) is 5.02 Å². The molecule has 0 aliphatic carbocycles. The Bertz CT molecular complexity index is 1160. The molecule has 1 aromatic carbocycles. The second-order valence-corrected chi connectivity index (χ2v) is 11.1. The van der Waals surface area contributed by atoms with Crippen LogP contribution in [0.15, 0.2) is 24.3 Å². The first-order chi connectivity index (χ1) is 21.4. The number of nitrogens with one attached hydrogen (secondary N) is 3. The predicted molar refractivity (Wildman–Crippen MR) is 161 cm³/mol. The first-order valence-corrected chi connectivity index (χ1v) is 15.0. The molecular formula is C30H42ClN3O11. The lowest BCUT2D eigenvalue weighted by molar-refractivity contribution is -0.310. The van der Waals surface area contributed by atoms with Crippen molar-refractivity contribution in [1.29, 1.82) is 0 Å². The molecule has 3 amide bonds. The van der Waals surface area contributed by atoms with Gasteiger partial charge in [0.2, 0.25) is 17.7 Å². The fraction of sp³-hybridized carbons (Fsp3) is 0.600. The van der Waals surface area contributed by atoms with Gasteiger partial charge in [0.15, 0.2) is 0 Å². The number of hydrogen-bond acceptors (Lipinski definition) is 10. The molecule has 0 bridgehead atoms. The van der Waals surface area contributed by atoms with Crippen molar-refractivity contribution in [3.05, 3.63) is 34.9 Å². The van der Waals surface area contributed by atoms with Gasteiger partial charge in [-0.15, -0.1) is 12.3 Å². The summed E-state index contributed by atoms with van der Waals surface area (Å²) >= 11 is 5.85. The largest absolute Gasteiger partial charge is 0.477 e. The van der Waals surface area contributed by atoms with Gasteiger partial charge < -0.3 is 51.0 Å². The maximum atomic E-state index is 12.4. The molecule has 6 atom stereocenters. The number of halogens is 1. The number of carbonyl (C=O) groups is 4. The molecule has 0 radical (unpaired) electrons. The molecule has 250 valence electrons. The van der Waals surface area contributed by atoms with Crippen LogP contribution in [0.25, 0.3) is 0 Å². The van der Waals surface area contributed by atoms with E-state index in [4.69, 9.17) is 27.5 Å². The Labute approximate surface area is 266 Å². The van der Waals surface area contributed by atoms with Gasteiger partial charge in [0.05, 0.1) is 31.3 Å². The molecule has 0 aromatic heterocycles. The van der Waals surface area contributed by atoms with Gasteiger partial charge in [-0.25, -0.2) is 4.79 Å². The van der Waals surface area contributed by atoms with Crippen molar-refractivity contribution in [2.45, 2.75) is 87.6 Å². The average molecular weight is 656 g/mol. The lowest BCUT2D eigenvalue weighted by atomic mass is 9.88. The minimum atomic E-state index is -2.44. The molecule has 0 unspecified atom stereocenters. The van der Waals surface area contributed by atoms with Gasteiger partial charge in [0, 0.05) is 37.4 Å². The van der Waals surface area contributed by atoms with E-state index in [1.807, 2.05) is 0 Å². The number of rotatable bonds is 19. The minimum Gasteiger partial charge on any atom is -0.477 e. The summed E-state index contributed by atoms with van der Waals surface area (Å²) in [6.45, 7) is -1.09. The van der Waals surface area contributed by atoms with Crippen molar-refractivity contribution >= 4 is 35.3 Å². The Morgan fingerprint density at radius 1 is 1.07 bits per heavy atom. The zero-order valence-electron chi connectivity index (χ0n) is 24.8. The SMILES string of the molecule is C#CCCC(=O)NCCCCCCO[C@]1(C(=O)O)C[C@H](O)[C@@H](NC(=O)CO)[C@H]([C@H](O)[C@H](O)CNC(=O)Cc2ccc(Cl)cc2)O1. The van der Waals surface area contributed by atoms with Gasteiger partial charge in [-0.3, -0.25) is 14.4 Å². The number of aliphatic carboxylic acids is 1. The summed E-state index contributed by atoms with van der Waals surface area (Å²) in [5.74, 6) is -3.22. The van der Waals surface area contributed by atoms with Crippen LogP contribution in [0.5, 0.6) is 0 Å². The molecular weight excluding hydrogens is 614 g/mol. The molecule has 1 aromatic rings. The number of unbranched alkanes of at least 4 members (excludes halogenated alkanes) is 3. The molecule has 1 heterocycles. The van der Waals surface area contributed by atoms with Gasteiger partial charge >= 0.3 is 5.97 Å². The monoisotopic (exact) mass is 655 g/mol. The Hall–Kier alpha value is -3.29. The van der Waals surface area contributed by atoms with Gasteiger partial charge in [-0.1, -0.05) is 36.6 Å². The smallest absolute Gasteiger partial charge is 0.364 e. The predicted octanol–water partition coefficient (Wildman–Crippen LogP) is -0.765. The number of amides is 3. The summed E-state index contributed by atoms with van der Waals surface area (Å²) in [5, 5.41) is 59.7. The highest BCUT2D eigenvalue weighted by atomic mass is 35.5. The topological polar surface area (TPSA) is 224 Å². The zero-order chi connectivity index (χ0) is 33.4. The molecule has 15 heteroatoms. The van der Waals surface area contributed by atoms with Crippen molar-refractivity contribution in [2.75, 3.05) is 26.3 Å². The summed E-state index contributed by atoms with van der Waals surface area (Å²) in [7, 11) is 0. The van der Waals surface area contributed by atoms with Crippen molar-refractivity contribution in [2.24, 2.45) is 0 Å². The number of aliphatic hydroxyl groups is 4. The number of carbonyl (C=O) groups excluding carboxylic acids is 3. The van der Waals surface area contributed by atoms with Crippen LogP contribution in [-0.2, 0) is 35.1 Å². The Balaban J connectivity index is 2.00. The van der Waals surface area contributed by atoms with Gasteiger partial charge in [-0.2, -0.15) is 0 Å². The summed E-state index contributed by atoms with van der Waals surface area (Å²) in [6, 6.07) is 5.07. The minimum absolute atomic E-state index is 0.0507. The molecule has 45 heavy (non-hydrogen) atoms. The van der Waals surface area contributed by atoms with E-state index in [0.29, 0.717) is 49.2 Å². The van der Waals surface area contributed by atoms with Crippen molar-refractivity contribution in [3.8, 4) is 12.3 Å². The highest BCUT2D eigenvalue weighted by Crippen LogP contribution is 2.34. The highest BCUT2D eigenvalue weighted by molar-refractivity contribution is 6.30. The van der Waals surface area contributed by atoms with E-state index in [1.54, 1.807) is 24.3 Å². The summed E-state index contributed by atoms with van der Waals surface area (Å²) in [5.41, 5.74) is 0.642. The Kier molecular flexibility index (Phi) is 16.2. The van der Waals surface area contributed by atoms with E-state index in [0.717, 1.165) is 0 Å². The first-order valence-electron chi connectivity index (χ1n) is 14.6. The average Bonchev–Trinajstić information content (AvgIpc) is 3.01. The lowest BCUT2D eigenvalue weighted by Gasteiger charge is -2.46. The van der Waals surface area contributed by atoms with Crippen LogP contribution < -0.4 is 16.0 Å². The standard InChI is InChI=1S/C30H42ClN3O11/c1-2-3-8-23(38)32-13-6-4-5-7-14-44-30(29(42)43)16-21(36)26(34-25(40)18-35)28(45-30)27(41)22(37)17-33-24(39)15-19-9-11-20(31)12-10-19/h1,9-12,21-22,26-28,35-37,41H,3-8,13-18H2,(H,32,38)(H,33,39)(H,34,40)(H,42,43)/t21-,22+,26+,27+,28+,30+/m0/s1. The van der Waals surface area contributed by atoms with E-state index in [1.165, 1.54) is 0 Å². The van der Waals surface area contributed by atoms with E-state index < -0.39 is 73.6 Å². The summed E-state index contributed by atoms with van der Waals surface area (Å²) in [6.07, 6.45) is 0.470. The van der Waals surface area contributed by atoms with E-state index in [2.05, 4.69) is 21.9 Å². The number of aliphatic hydroxyl groups excluding tert-OH is 4. The molecule has 2 rings (SSSR count). The molecule has 1 aliphatic rings. The lowest BCUT2D eigenvalue weighted by Crippen LogP contribution is -2.68. The van der Waals surface area contributed by atoms with Crippen LogP contribution in [0, 0.1) is 12.3 Å². The summed E-state index contributed by atoms with van der Waals surface area (Å²) < 4.78 is 11.3. The molecule has 8 N–H and O–H groups in total. The number of carboxylic acid groups (broad SMARTS) is 1. The quantitative estimate of drug-likeness (QED) is 0.0683. The number of terminal acetylenes is 1. The van der Waals surface area contributed by atoms with E-state index >= 15 is 0 Å². The van der Waals surface area contributed by atoms with Crippen LogP contribution in [0.4, 0.5) is 0 Å². The van der Waals surface area contributed by atoms with Gasteiger partial charge in [-0.05, 0) is 30.5 Å². The fourth-order valence-electron chi connectivity index (χ4n) is 4.67. The third kappa shape index (κ3) is 12.6. The first kappa shape index (κ1) is 37.9. The maximum Gasteiger partial charge on any atom is 0.364 e. The molecule has 1 aliphatic heterocycles. The molecule has 0 spiro atoms. The van der Waals surface area contributed by atoms with Gasteiger partial charge in [0.1, 0.15) is 18.8 Å². The molecule has 1 saturated heterocycles. The van der Waals surface area contributed by atoms with Crippen LogP contribution >= 0.6 is 11.6 Å². The maximum absolute atomic E-state index is 12.4. The van der Waals surface area contributed by atoms with Crippen LogP contribution in [0.3, 0.4) is 0 Å². The number of carboxylic acids is 1. The fourth-order valence-corrected chi connectivity index (χ4v) is 4.80. The third-order valence-electron chi connectivity index (χ3n) is 7.11. The van der Waals surface area contributed by atoms with Crippen LogP contribution in [0.1, 0.15) is 50.5 Å².